The van der Waals surface area contributed by atoms with Gasteiger partial charge in [0.25, 0.3) is 0 Å². The molecule has 8 heteroatoms. The monoisotopic (exact) mass is 368 g/mol. The lowest BCUT2D eigenvalue weighted by Gasteiger charge is -2.17. The van der Waals surface area contributed by atoms with Crippen LogP contribution in [0.4, 0.5) is 11.5 Å². The van der Waals surface area contributed by atoms with E-state index < -0.39 is 0 Å². The van der Waals surface area contributed by atoms with E-state index in [0.717, 1.165) is 6.42 Å². The van der Waals surface area contributed by atoms with Crippen LogP contribution in [0.5, 0.6) is 11.5 Å². The minimum Gasteiger partial charge on any atom is -0.493 e. The van der Waals surface area contributed by atoms with Crippen molar-refractivity contribution in [2.45, 2.75) is 12.5 Å². The molecule has 2 aromatic rings. The molecule has 1 atom stereocenters. The Morgan fingerprint density at radius 1 is 1.46 bits per heavy atom. The maximum Gasteiger partial charge on any atom is 0.234 e. The number of ether oxygens (including phenoxy) is 3. The van der Waals surface area contributed by atoms with Crippen LogP contribution in [0, 0.1) is 22.5 Å². The van der Waals surface area contributed by atoms with Crippen molar-refractivity contribution in [2.24, 2.45) is 0 Å². The summed E-state index contributed by atoms with van der Waals surface area (Å²) < 4.78 is 16.9. The van der Waals surface area contributed by atoms with Crippen molar-refractivity contribution in [3.05, 3.63) is 39.8 Å². The third-order valence-corrected chi connectivity index (χ3v) is 4.38. The van der Waals surface area contributed by atoms with Gasteiger partial charge in [-0.3, -0.25) is 0 Å². The summed E-state index contributed by atoms with van der Waals surface area (Å²) in [7, 11) is 1.53. The molecular formula is C18H16N4O3S. The van der Waals surface area contributed by atoms with Crippen LogP contribution in [0.1, 0.15) is 12.0 Å². The molecule has 1 aliphatic rings. The quantitative estimate of drug-likeness (QED) is 0.632. The lowest BCUT2D eigenvalue weighted by molar-refractivity contribution is 0.138. The Morgan fingerprint density at radius 3 is 2.88 bits per heavy atom. The standard InChI is InChI=1S/C18H16N4O3S/c1-21-16-15(12(8-19)18(26)22-17(16)20)10-3-4-13(14(7-10)23-2)25-11-5-6-24-9-11/h3-4,7,11H,5-6,9H2,2H3,(H3,20,22,26). The van der Waals surface area contributed by atoms with E-state index in [9.17, 15) is 5.26 Å². The number of aromatic amines is 1. The number of pyridine rings is 1. The number of nitrogen functional groups attached to an aromatic ring is 1. The highest BCUT2D eigenvalue weighted by Gasteiger charge is 2.21. The molecule has 132 valence electrons. The Hall–Kier alpha value is -3.07. The van der Waals surface area contributed by atoms with Gasteiger partial charge in [0, 0.05) is 12.0 Å². The number of nitrogens with one attached hydrogen (secondary N) is 1. The Labute approximate surface area is 155 Å². The van der Waals surface area contributed by atoms with Crippen LogP contribution in [-0.4, -0.2) is 31.4 Å². The Bertz CT molecular complexity index is 982. The molecule has 26 heavy (non-hydrogen) atoms. The van der Waals surface area contributed by atoms with E-state index in [1.54, 1.807) is 18.2 Å². The number of hydrogen-bond donors (Lipinski definition) is 2. The molecule has 0 aliphatic carbocycles. The molecule has 0 bridgehead atoms. The highest BCUT2D eigenvalue weighted by Crippen LogP contribution is 2.41. The predicted molar refractivity (Wildman–Crippen MR) is 98.9 cm³/mol. The summed E-state index contributed by atoms with van der Waals surface area (Å²) in [4.78, 5) is 6.16. The molecule has 1 aromatic carbocycles. The van der Waals surface area contributed by atoms with E-state index >= 15 is 0 Å². The van der Waals surface area contributed by atoms with E-state index in [4.69, 9.17) is 38.7 Å². The summed E-state index contributed by atoms with van der Waals surface area (Å²) in [6.07, 6.45) is 0.792. The maximum atomic E-state index is 9.49. The first-order chi connectivity index (χ1) is 12.6. The first kappa shape index (κ1) is 17.7. The third kappa shape index (κ3) is 3.21. The molecule has 0 saturated carbocycles. The van der Waals surface area contributed by atoms with Crippen LogP contribution < -0.4 is 15.2 Å². The molecule has 1 aromatic heterocycles. The SMILES string of the molecule is [C-]#[N+]c1c(N)[nH]c(=S)c(C#N)c1-c1ccc(OC2CCOC2)c(OC)c1. The van der Waals surface area contributed by atoms with Gasteiger partial charge < -0.3 is 24.9 Å². The smallest absolute Gasteiger partial charge is 0.234 e. The van der Waals surface area contributed by atoms with Gasteiger partial charge in [-0.15, -0.1) is 0 Å². The summed E-state index contributed by atoms with van der Waals surface area (Å²) in [6, 6.07) is 7.27. The van der Waals surface area contributed by atoms with Crippen molar-refractivity contribution in [1.29, 1.82) is 5.26 Å². The molecule has 3 rings (SSSR count). The number of anilines is 1. The van der Waals surface area contributed by atoms with Gasteiger partial charge in [-0.05, 0) is 17.7 Å². The topological polar surface area (TPSA) is 97.7 Å². The van der Waals surface area contributed by atoms with E-state index in [0.29, 0.717) is 35.8 Å². The average molecular weight is 368 g/mol. The lowest BCUT2D eigenvalue weighted by Crippen LogP contribution is -2.16. The molecule has 3 N–H and O–H groups in total. The summed E-state index contributed by atoms with van der Waals surface area (Å²) >= 11 is 5.19. The molecule has 1 saturated heterocycles. The molecule has 0 amide bonds. The van der Waals surface area contributed by atoms with Gasteiger partial charge in [-0.2, -0.15) is 5.26 Å². The zero-order valence-electron chi connectivity index (χ0n) is 14.0. The number of nitrogens with two attached hydrogens (primary N) is 1. The number of benzene rings is 1. The van der Waals surface area contributed by atoms with Crippen LogP contribution in [0.25, 0.3) is 16.0 Å². The van der Waals surface area contributed by atoms with Crippen LogP contribution >= 0.6 is 12.2 Å². The van der Waals surface area contributed by atoms with Crippen LogP contribution in [0.2, 0.25) is 0 Å². The van der Waals surface area contributed by atoms with E-state index in [2.05, 4.69) is 15.9 Å². The molecule has 7 nitrogen and oxygen atoms in total. The van der Waals surface area contributed by atoms with Gasteiger partial charge in [0.15, 0.2) is 11.5 Å². The fourth-order valence-electron chi connectivity index (χ4n) is 2.82. The number of hydrogen-bond acceptors (Lipinski definition) is 6. The molecule has 0 spiro atoms. The Morgan fingerprint density at radius 2 is 2.27 bits per heavy atom. The molecule has 1 fully saturated rings. The minimum absolute atomic E-state index is 0.0237. The minimum atomic E-state index is -0.0237. The van der Waals surface area contributed by atoms with E-state index in [1.807, 2.05) is 0 Å². The van der Waals surface area contributed by atoms with Crippen molar-refractivity contribution >= 4 is 23.7 Å². The van der Waals surface area contributed by atoms with Crippen LogP contribution in [0.15, 0.2) is 18.2 Å². The number of H-pyrrole nitrogens is 1. The number of methoxy groups -OCH3 is 1. The summed E-state index contributed by atoms with van der Waals surface area (Å²) in [5.41, 5.74) is 7.22. The molecular weight excluding hydrogens is 352 g/mol. The number of aromatic nitrogens is 1. The Balaban J connectivity index is 2.12. The largest absolute Gasteiger partial charge is 0.493 e. The molecule has 2 heterocycles. The zero-order valence-corrected chi connectivity index (χ0v) is 14.9. The second-order valence-corrected chi connectivity index (χ2v) is 6.07. The van der Waals surface area contributed by atoms with Crippen molar-refractivity contribution in [3.63, 3.8) is 0 Å². The third-order valence-electron chi connectivity index (χ3n) is 4.07. The van der Waals surface area contributed by atoms with Crippen molar-refractivity contribution in [2.75, 3.05) is 26.1 Å². The molecule has 1 unspecified atom stereocenters. The van der Waals surface area contributed by atoms with Gasteiger partial charge in [0.2, 0.25) is 5.69 Å². The summed E-state index contributed by atoms with van der Waals surface area (Å²) in [5.74, 6) is 1.19. The van der Waals surface area contributed by atoms with Crippen LogP contribution in [0.3, 0.4) is 0 Å². The lowest BCUT2D eigenvalue weighted by atomic mass is 9.99. The van der Waals surface area contributed by atoms with Gasteiger partial charge in [0.1, 0.15) is 22.6 Å². The highest BCUT2D eigenvalue weighted by atomic mass is 32.1. The first-order valence-corrected chi connectivity index (χ1v) is 8.26. The normalized spacial score (nSPS) is 15.9. The van der Waals surface area contributed by atoms with Gasteiger partial charge in [-0.1, -0.05) is 18.3 Å². The van der Waals surface area contributed by atoms with Gasteiger partial charge >= 0.3 is 0 Å². The molecule has 1 aliphatic heterocycles. The highest BCUT2D eigenvalue weighted by molar-refractivity contribution is 7.71. The number of rotatable bonds is 4. The van der Waals surface area contributed by atoms with E-state index in [1.165, 1.54) is 7.11 Å². The predicted octanol–water partition coefficient (Wildman–Crippen LogP) is 3.59. The van der Waals surface area contributed by atoms with E-state index in [-0.39, 0.29) is 27.8 Å². The fraction of sp³-hybridized carbons (Fsp3) is 0.278. The number of nitrogens with zero attached hydrogens (tertiary/aromatic N) is 2. The number of nitriles is 1. The second kappa shape index (κ2) is 7.44. The van der Waals surface area contributed by atoms with Gasteiger partial charge in [-0.25, -0.2) is 4.85 Å². The maximum absolute atomic E-state index is 9.49. The van der Waals surface area contributed by atoms with Crippen molar-refractivity contribution in [3.8, 4) is 28.7 Å². The van der Waals surface area contributed by atoms with Crippen LogP contribution in [-0.2, 0) is 4.74 Å². The zero-order chi connectivity index (χ0) is 18.7. The fourth-order valence-corrected chi connectivity index (χ4v) is 3.08. The van der Waals surface area contributed by atoms with Gasteiger partial charge in [0.05, 0.1) is 32.5 Å². The molecule has 0 radical (unpaired) electrons. The van der Waals surface area contributed by atoms with Crippen molar-refractivity contribution in [1.82, 2.24) is 4.98 Å². The summed E-state index contributed by atoms with van der Waals surface area (Å²) in [5, 5.41) is 9.49. The first-order valence-electron chi connectivity index (χ1n) is 7.85. The average Bonchev–Trinajstić information content (AvgIpc) is 3.14. The van der Waals surface area contributed by atoms with Crippen molar-refractivity contribution < 1.29 is 14.2 Å². The second-order valence-electron chi connectivity index (χ2n) is 5.66. The Kier molecular flexibility index (Phi) is 5.08. The summed E-state index contributed by atoms with van der Waals surface area (Å²) in [6.45, 7) is 8.63.